The number of thioether (sulfide) groups is 1. The Balaban J connectivity index is 1.74. The summed E-state index contributed by atoms with van der Waals surface area (Å²) in [5, 5.41) is 0.850. The Morgan fingerprint density at radius 3 is 2.93 bits per heavy atom. The Hall–Kier alpha value is -0.190. The molecule has 0 radical (unpaired) electrons. The molecule has 0 amide bonds. The lowest BCUT2D eigenvalue weighted by atomic mass is 10.3. The molecule has 86 valence electrons. The average molecular weight is 228 g/mol. The summed E-state index contributed by atoms with van der Waals surface area (Å²) in [5.74, 6) is 7.63. The minimum absolute atomic E-state index is 0.207. The zero-order valence-electron chi connectivity index (χ0n) is 9.08. The van der Waals surface area contributed by atoms with Gasteiger partial charge in [0.05, 0.1) is 12.6 Å². The van der Waals surface area contributed by atoms with E-state index in [1.165, 1.54) is 25.7 Å². The molecule has 0 aromatic heterocycles. The summed E-state index contributed by atoms with van der Waals surface area (Å²) >= 11 is 2.04. The van der Waals surface area contributed by atoms with Crippen LogP contribution in [0.3, 0.4) is 0 Å². The van der Waals surface area contributed by atoms with Crippen LogP contribution in [0.15, 0.2) is 11.8 Å². The van der Waals surface area contributed by atoms with Crippen LogP contribution in [0.25, 0.3) is 0 Å². The molecule has 0 bridgehead atoms. The largest absolute Gasteiger partial charge is 0.496 e. The average Bonchev–Trinajstić information content (AvgIpc) is 2.90. The first-order valence-electron chi connectivity index (χ1n) is 5.80. The number of nitrogens with one attached hydrogen (secondary N) is 1. The summed E-state index contributed by atoms with van der Waals surface area (Å²) in [6.45, 7) is 0.821. The normalized spacial score (nSPS) is 23.9. The summed E-state index contributed by atoms with van der Waals surface area (Å²) in [6, 6.07) is 0.207. The van der Waals surface area contributed by atoms with Crippen molar-refractivity contribution in [2.45, 2.75) is 43.4 Å². The van der Waals surface area contributed by atoms with Crippen LogP contribution in [-0.2, 0) is 4.74 Å². The summed E-state index contributed by atoms with van der Waals surface area (Å²) in [6.07, 6.45) is 8.74. The van der Waals surface area contributed by atoms with Crippen molar-refractivity contribution >= 4 is 11.8 Å². The molecule has 0 saturated heterocycles. The van der Waals surface area contributed by atoms with Gasteiger partial charge >= 0.3 is 0 Å². The van der Waals surface area contributed by atoms with Crippen molar-refractivity contribution in [2.75, 3.05) is 12.4 Å². The van der Waals surface area contributed by atoms with E-state index >= 15 is 0 Å². The van der Waals surface area contributed by atoms with Gasteiger partial charge in [-0.15, -0.1) is 0 Å². The molecular weight excluding hydrogens is 208 g/mol. The number of hydrogen-bond donors (Lipinski definition) is 2. The van der Waals surface area contributed by atoms with Crippen LogP contribution in [0.1, 0.15) is 32.1 Å². The third kappa shape index (κ3) is 3.13. The molecule has 2 aliphatic rings. The molecule has 1 aliphatic carbocycles. The highest BCUT2D eigenvalue weighted by Crippen LogP contribution is 2.30. The van der Waals surface area contributed by atoms with E-state index in [4.69, 9.17) is 10.6 Å². The molecule has 1 atom stereocenters. The monoisotopic (exact) mass is 228 g/mol. The highest BCUT2D eigenvalue weighted by atomic mass is 32.2. The van der Waals surface area contributed by atoms with Gasteiger partial charge in [-0.3, -0.25) is 5.84 Å². The molecule has 1 saturated carbocycles. The molecule has 1 aliphatic heterocycles. The third-order valence-corrected chi connectivity index (χ3v) is 4.55. The van der Waals surface area contributed by atoms with E-state index in [1.54, 1.807) is 0 Å². The quantitative estimate of drug-likeness (QED) is 0.556. The van der Waals surface area contributed by atoms with E-state index in [1.807, 2.05) is 11.8 Å². The maximum absolute atomic E-state index is 5.55. The van der Waals surface area contributed by atoms with E-state index in [-0.39, 0.29) is 6.04 Å². The van der Waals surface area contributed by atoms with Gasteiger partial charge < -0.3 is 4.74 Å². The maximum atomic E-state index is 5.55. The van der Waals surface area contributed by atoms with E-state index in [2.05, 4.69) is 11.5 Å². The molecule has 1 fully saturated rings. The summed E-state index contributed by atoms with van der Waals surface area (Å²) in [7, 11) is 0. The second-order valence-corrected chi connectivity index (χ2v) is 5.54. The fourth-order valence-electron chi connectivity index (χ4n) is 2.18. The second-order valence-electron chi connectivity index (χ2n) is 4.20. The fourth-order valence-corrected chi connectivity index (χ4v) is 3.57. The van der Waals surface area contributed by atoms with Crippen molar-refractivity contribution < 1.29 is 4.74 Å². The van der Waals surface area contributed by atoms with Gasteiger partial charge in [0.2, 0.25) is 0 Å². The maximum Gasteiger partial charge on any atom is 0.111 e. The van der Waals surface area contributed by atoms with Crippen LogP contribution < -0.4 is 11.3 Å². The molecule has 3 N–H and O–H groups in total. The first-order valence-corrected chi connectivity index (χ1v) is 6.85. The molecule has 4 heteroatoms. The summed E-state index contributed by atoms with van der Waals surface area (Å²) in [5.41, 5.74) is 2.85. The van der Waals surface area contributed by atoms with Crippen molar-refractivity contribution in [3.8, 4) is 0 Å². The Kier molecular flexibility index (Phi) is 4.35. The Labute approximate surface area is 95.8 Å². The number of hydrazine groups is 1. The summed E-state index contributed by atoms with van der Waals surface area (Å²) < 4.78 is 5.53. The SMILES string of the molecule is NNC(CSC1CCCC1)C1=CCCO1. The molecule has 15 heavy (non-hydrogen) atoms. The minimum atomic E-state index is 0.207. The van der Waals surface area contributed by atoms with Crippen molar-refractivity contribution in [1.82, 2.24) is 5.43 Å². The molecule has 1 heterocycles. The number of ether oxygens (including phenoxy) is 1. The minimum Gasteiger partial charge on any atom is -0.496 e. The van der Waals surface area contributed by atoms with Crippen LogP contribution in [-0.4, -0.2) is 23.7 Å². The lowest BCUT2D eigenvalue weighted by Crippen LogP contribution is -2.39. The van der Waals surface area contributed by atoms with Gasteiger partial charge in [0.25, 0.3) is 0 Å². The molecule has 0 aromatic rings. The predicted octanol–water partition coefficient (Wildman–Crippen LogP) is 1.80. The first kappa shape index (κ1) is 11.3. The van der Waals surface area contributed by atoms with Gasteiger partial charge in [0.1, 0.15) is 5.76 Å². The van der Waals surface area contributed by atoms with E-state index in [0.717, 1.165) is 29.8 Å². The summed E-state index contributed by atoms with van der Waals surface area (Å²) in [4.78, 5) is 0. The second kappa shape index (κ2) is 5.77. The van der Waals surface area contributed by atoms with Crippen molar-refractivity contribution in [3.05, 3.63) is 11.8 Å². The van der Waals surface area contributed by atoms with Crippen molar-refractivity contribution in [3.63, 3.8) is 0 Å². The highest BCUT2D eigenvalue weighted by Gasteiger charge is 2.21. The van der Waals surface area contributed by atoms with Gasteiger partial charge in [-0.1, -0.05) is 12.8 Å². The number of hydrogen-bond acceptors (Lipinski definition) is 4. The molecule has 2 rings (SSSR count). The van der Waals surface area contributed by atoms with Gasteiger partial charge in [0.15, 0.2) is 0 Å². The van der Waals surface area contributed by atoms with Crippen LogP contribution in [0.5, 0.6) is 0 Å². The zero-order valence-corrected chi connectivity index (χ0v) is 9.89. The Bertz CT molecular complexity index is 227. The standard InChI is InChI=1S/C11H20N2OS/c12-13-10(11-6-3-7-14-11)8-15-9-4-1-2-5-9/h6,9-10,13H,1-5,7-8,12H2. The van der Waals surface area contributed by atoms with Gasteiger partial charge in [-0.25, -0.2) is 5.43 Å². The Morgan fingerprint density at radius 1 is 1.53 bits per heavy atom. The van der Waals surface area contributed by atoms with Gasteiger partial charge in [0, 0.05) is 17.4 Å². The van der Waals surface area contributed by atoms with E-state index < -0.39 is 0 Å². The lowest BCUT2D eigenvalue weighted by molar-refractivity contribution is 0.220. The van der Waals surface area contributed by atoms with E-state index in [0.29, 0.717) is 0 Å². The predicted molar refractivity (Wildman–Crippen MR) is 64.5 cm³/mol. The number of nitrogens with two attached hydrogens (primary N) is 1. The number of rotatable bonds is 5. The molecule has 1 unspecified atom stereocenters. The van der Waals surface area contributed by atoms with E-state index in [9.17, 15) is 0 Å². The topological polar surface area (TPSA) is 47.3 Å². The fraction of sp³-hybridized carbons (Fsp3) is 0.818. The van der Waals surface area contributed by atoms with Crippen LogP contribution in [0.4, 0.5) is 0 Å². The van der Waals surface area contributed by atoms with Crippen LogP contribution >= 0.6 is 11.8 Å². The Morgan fingerprint density at radius 2 is 2.33 bits per heavy atom. The van der Waals surface area contributed by atoms with Crippen LogP contribution in [0.2, 0.25) is 0 Å². The third-order valence-electron chi connectivity index (χ3n) is 3.08. The van der Waals surface area contributed by atoms with Gasteiger partial charge in [-0.2, -0.15) is 11.8 Å². The molecule has 3 nitrogen and oxygen atoms in total. The van der Waals surface area contributed by atoms with Crippen molar-refractivity contribution in [1.29, 1.82) is 0 Å². The lowest BCUT2D eigenvalue weighted by Gasteiger charge is -2.18. The molecule has 0 aromatic carbocycles. The molecular formula is C11H20N2OS. The van der Waals surface area contributed by atoms with Gasteiger partial charge in [-0.05, 0) is 18.9 Å². The molecule has 0 spiro atoms. The smallest absolute Gasteiger partial charge is 0.111 e. The van der Waals surface area contributed by atoms with Crippen molar-refractivity contribution in [2.24, 2.45) is 5.84 Å². The first-order chi connectivity index (χ1) is 7.40. The highest BCUT2D eigenvalue weighted by molar-refractivity contribution is 7.99. The van der Waals surface area contributed by atoms with Crippen LogP contribution in [0, 0.1) is 0 Å². The zero-order chi connectivity index (χ0) is 10.5.